The molecule has 4 nitrogen and oxygen atoms in total. The minimum Gasteiger partial charge on any atom is -0.487 e. The normalized spacial score (nSPS) is 11.5. The number of hydrogen-bond acceptors (Lipinski definition) is 3. The first-order valence-corrected chi connectivity index (χ1v) is 8.28. The molecule has 0 aliphatic carbocycles. The van der Waals surface area contributed by atoms with E-state index in [0.717, 1.165) is 22.4 Å². The molecule has 0 aliphatic heterocycles. The second-order valence-electron chi connectivity index (χ2n) is 6.21. The molecule has 0 bridgehead atoms. The van der Waals surface area contributed by atoms with Crippen LogP contribution in [0.5, 0.6) is 11.5 Å². The van der Waals surface area contributed by atoms with Gasteiger partial charge in [-0.1, -0.05) is 36.9 Å². The lowest BCUT2D eigenvalue weighted by Crippen LogP contribution is -2.30. The quantitative estimate of drug-likeness (QED) is 0.746. The second kappa shape index (κ2) is 8.38. The topological polar surface area (TPSA) is 47.6 Å². The van der Waals surface area contributed by atoms with Gasteiger partial charge in [-0.15, -0.1) is 0 Å². The van der Waals surface area contributed by atoms with E-state index < -0.39 is 6.10 Å². The molecule has 2 aromatic rings. The molecule has 0 radical (unpaired) electrons. The number of amides is 1. The number of benzene rings is 2. The lowest BCUT2D eigenvalue weighted by molar-refractivity contribution is -0.122. The molecule has 0 saturated heterocycles. The van der Waals surface area contributed by atoms with Gasteiger partial charge in [-0.05, 0) is 56.5 Å². The number of carbonyl (C=O) groups excluding carboxylic acids is 1. The van der Waals surface area contributed by atoms with E-state index in [-0.39, 0.29) is 5.91 Å². The third-order valence-corrected chi connectivity index (χ3v) is 3.69. The van der Waals surface area contributed by atoms with Crippen LogP contribution in [-0.4, -0.2) is 18.6 Å². The maximum Gasteiger partial charge on any atom is 0.265 e. The summed E-state index contributed by atoms with van der Waals surface area (Å²) in [6.07, 6.45) is -0.631. The number of nitrogens with one attached hydrogen (secondary N) is 1. The van der Waals surface area contributed by atoms with E-state index in [0.29, 0.717) is 18.0 Å². The van der Waals surface area contributed by atoms with Crippen LogP contribution in [0.15, 0.2) is 54.6 Å². The number of anilines is 1. The summed E-state index contributed by atoms with van der Waals surface area (Å²) >= 11 is 0. The summed E-state index contributed by atoms with van der Waals surface area (Å²) in [5.41, 5.74) is 3.54. The van der Waals surface area contributed by atoms with Crippen LogP contribution in [0.25, 0.3) is 0 Å². The van der Waals surface area contributed by atoms with Crippen molar-refractivity contribution in [2.24, 2.45) is 0 Å². The largest absolute Gasteiger partial charge is 0.487 e. The molecule has 2 aromatic carbocycles. The van der Waals surface area contributed by atoms with Crippen LogP contribution in [0.3, 0.4) is 0 Å². The summed E-state index contributed by atoms with van der Waals surface area (Å²) in [4.78, 5) is 12.5. The zero-order valence-corrected chi connectivity index (χ0v) is 15.3. The molecule has 132 valence electrons. The first kappa shape index (κ1) is 18.6. The van der Waals surface area contributed by atoms with Gasteiger partial charge < -0.3 is 14.8 Å². The fourth-order valence-electron chi connectivity index (χ4n) is 2.35. The smallest absolute Gasteiger partial charge is 0.265 e. The van der Waals surface area contributed by atoms with Crippen molar-refractivity contribution in [2.75, 3.05) is 11.9 Å². The fraction of sp³-hybridized carbons (Fsp3) is 0.286. The highest BCUT2D eigenvalue weighted by molar-refractivity contribution is 5.95. The number of para-hydroxylation sites is 3. The maximum atomic E-state index is 12.5. The second-order valence-corrected chi connectivity index (χ2v) is 6.21. The minimum atomic E-state index is -0.631. The van der Waals surface area contributed by atoms with E-state index in [1.807, 2.05) is 57.2 Å². The Morgan fingerprint density at radius 2 is 1.76 bits per heavy atom. The van der Waals surface area contributed by atoms with Gasteiger partial charge in [0.2, 0.25) is 0 Å². The molecule has 0 spiro atoms. The summed E-state index contributed by atoms with van der Waals surface area (Å²) in [5.74, 6) is 1.13. The highest BCUT2D eigenvalue weighted by Crippen LogP contribution is 2.26. The van der Waals surface area contributed by atoms with Gasteiger partial charge >= 0.3 is 0 Å². The summed E-state index contributed by atoms with van der Waals surface area (Å²) in [7, 11) is 0. The first-order valence-electron chi connectivity index (χ1n) is 8.28. The highest BCUT2D eigenvalue weighted by atomic mass is 16.5. The summed E-state index contributed by atoms with van der Waals surface area (Å²) in [5, 5.41) is 2.87. The Kier molecular flexibility index (Phi) is 6.23. The summed E-state index contributed by atoms with van der Waals surface area (Å²) < 4.78 is 11.6. The van der Waals surface area contributed by atoms with E-state index >= 15 is 0 Å². The van der Waals surface area contributed by atoms with Gasteiger partial charge in [0.25, 0.3) is 5.91 Å². The van der Waals surface area contributed by atoms with Crippen LogP contribution < -0.4 is 14.8 Å². The molecule has 4 heteroatoms. The molecule has 0 heterocycles. The maximum absolute atomic E-state index is 12.5. The van der Waals surface area contributed by atoms with Gasteiger partial charge in [-0.3, -0.25) is 4.79 Å². The number of aryl methyl sites for hydroxylation is 2. The van der Waals surface area contributed by atoms with Crippen molar-refractivity contribution in [2.45, 2.75) is 33.8 Å². The predicted molar refractivity (Wildman–Crippen MR) is 101 cm³/mol. The van der Waals surface area contributed by atoms with Gasteiger partial charge in [-0.25, -0.2) is 0 Å². The highest BCUT2D eigenvalue weighted by Gasteiger charge is 2.18. The summed E-state index contributed by atoms with van der Waals surface area (Å²) in [6.45, 7) is 11.8. The van der Waals surface area contributed by atoms with Crippen molar-refractivity contribution in [3.63, 3.8) is 0 Å². The van der Waals surface area contributed by atoms with E-state index in [4.69, 9.17) is 9.47 Å². The van der Waals surface area contributed by atoms with E-state index in [9.17, 15) is 4.79 Å². The van der Waals surface area contributed by atoms with Gasteiger partial charge in [0.05, 0.1) is 5.69 Å². The molecule has 25 heavy (non-hydrogen) atoms. The monoisotopic (exact) mass is 339 g/mol. The molecule has 0 aliphatic rings. The molecule has 1 N–H and O–H groups in total. The number of carbonyl (C=O) groups is 1. The molecule has 0 saturated carbocycles. The van der Waals surface area contributed by atoms with Crippen molar-refractivity contribution < 1.29 is 14.3 Å². The van der Waals surface area contributed by atoms with Crippen LogP contribution in [-0.2, 0) is 4.79 Å². The van der Waals surface area contributed by atoms with E-state index in [1.165, 1.54) is 0 Å². The van der Waals surface area contributed by atoms with Gasteiger partial charge in [-0.2, -0.15) is 0 Å². The number of rotatable bonds is 7. The molecular formula is C21H25NO3. The van der Waals surface area contributed by atoms with Crippen molar-refractivity contribution in [1.82, 2.24) is 0 Å². The zero-order valence-electron chi connectivity index (χ0n) is 15.3. The van der Waals surface area contributed by atoms with E-state index in [2.05, 4.69) is 11.9 Å². The van der Waals surface area contributed by atoms with Crippen LogP contribution >= 0.6 is 0 Å². The Hall–Kier alpha value is -2.75. The molecule has 1 unspecified atom stereocenters. The number of hydrogen-bond donors (Lipinski definition) is 1. The van der Waals surface area contributed by atoms with Crippen LogP contribution in [0.4, 0.5) is 5.69 Å². The first-order chi connectivity index (χ1) is 11.9. The Morgan fingerprint density at radius 1 is 1.12 bits per heavy atom. The van der Waals surface area contributed by atoms with Crippen molar-refractivity contribution in [3.05, 3.63) is 65.7 Å². The van der Waals surface area contributed by atoms with E-state index in [1.54, 1.807) is 13.0 Å². The molecular weight excluding hydrogens is 314 g/mol. The predicted octanol–water partition coefficient (Wildman–Crippen LogP) is 4.66. The molecule has 1 atom stereocenters. The average Bonchev–Trinajstić information content (AvgIpc) is 2.57. The molecule has 0 fully saturated rings. The van der Waals surface area contributed by atoms with Gasteiger partial charge in [0.1, 0.15) is 18.1 Å². The van der Waals surface area contributed by atoms with Crippen molar-refractivity contribution in [1.29, 1.82) is 0 Å². The third kappa shape index (κ3) is 5.11. The van der Waals surface area contributed by atoms with Crippen molar-refractivity contribution in [3.8, 4) is 11.5 Å². The average molecular weight is 339 g/mol. The molecule has 2 rings (SSSR count). The van der Waals surface area contributed by atoms with Crippen LogP contribution in [0.2, 0.25) is 0 Å². The Balaban J connectivity index is 2.08. The zero-order chi connectivity index (χ0) is 18.4. The van der Waals surface area contributed by atoms with Crippen LogP contribution in [0.1, 0.15) is 25.0 Å². The Bertz CT molecular complexity index is 747. The number of ether oxygens (including phenoxy) is 2. The molecule has 1 amide bonds. The van der Waals surface area contributed by atoms with Crippen LogP contribution in [0, 0.1) is 13.8 Å². The minimum absolute atomic E-state index is 0.228. The lowest BCUT2D eigenvalue weighted by Gasteiger charge is -2.19. The van der Waals surface area contributed by atoms with Crippen molar-refractivity contribution >= 4 is 11.6 Å². The summed E-state index contributed by atoms with van der Waals surface area (Å²) in [6, 6.07) is 13.2. The third-order valence-electron chi connectivity index (χ3n) is 3.69. The lowest BCUT2D eigenvalue weighted by atomic mass is 10.1. The van der Waals surface area contributed by atoms with Gasteiger partial charge in [0.15, 0.2) is 6.10 Å². The molecule has 0 aromatic heterocycles. The fourth-order valence-corrected chi connectivity index (χ4v) is 2.35. The Morgan fingerprint density at radius 3 is 2.40 bits per heavy atom. The Labute approximate surface area is 149 Å². The SMILES string of the molecule is C=C(C)COc1ccccc1NC(=O)C(C)Oc1c(C)cccc1C. The standard InChI is InChI=1S/C21H25NO3/c1-14(2)13-24-19-12-7-6-11-18(19)22-21(23)17(5)25-20-15(3)9-8-10-16(20)4/h6-12,17H,1,13H2,2-5H3,(H,22,23). The van der Waals surface area contributed by atoms with Gasteiger partial charge in [0, 0.05) is 0 Å².